The van der Waals surface area contributed by atoms with E-state index in [1.807, 2.05) is 18.2 Å². The minimum absolute atomic E-state index is 0.0147. The molecule has 1 aliphatic heterocycles. The van der Waals surface area contributed by atoms with E-state index < -0.39 is 10.0 Å². The molecule has 0 saturated carbocycles. The summed E-state index contributed by atoms with van der Waals surface area (Å²) in [6, 6.07) is 11.9. The van der Waals surface area contributed by atoms with Crippen molar-refractivity contribution in [3.8, 4) is 11.3 Å². The van der Waals surface area contributed by atoms with E-state index in [0.717, 1.165) is 29.8 Å². The molecule has 1 aliphatic rings. The molecule has 27 heavy (non-hydrogen) atoms. The third-order valence-electron chi connectivity index (χ3n) is 4.82. The summed E-state index contributed by atoms with van der Waals surface area (Å²) in [5.41, 5.74) is 2.43. The molecular weight excluding hydrogens is 367 g/mol. The summed E-state index contributed by atoms with van der Waals surface area (Å²) < 4.78 is 40.2. The number of piperidine rings is 1. The lowest BCUT2D eigenvalue weighted by Crippen LogP contribution is -2.39. The van der Waals surface area contributed by atoms with Gasteiger partial charge in [0, 0.05) is 36.5 Å². The molecule has 0 radical (unpaired) electrons. The van der Waals surface area contributed by atoms with Crippen LogP contribution >= 0.6 is 0 Å². The summed E-state index contributed by atoms with van der Waals surface area (Å²) in [5, 5.41) is 6.29. The lowest BCUT2D eigenvalue weighted by Gasteiger charge is -2.31. The number of benzene rings is 1. The zero-order valence-electron chi connectivity index (χ0n) is 14.5. The number of rotatable bonds is 4. The summed E-state index contributed by atoms with van der Waals surface area (Å²) in [5.74, 6) is -0.275. The minimum atomic E-state index is -3.56. The van der Waals surface area contributed by atoms with Gasteiger partial charge in [-0.05, 0) is 49.2 Å². The summed E-state index contributed by atoms with van der Waals surface area (Å²) in [6.07, 6.45) is 4.36. The Bertz CT molecular complexity index is 1020. The van der Waals surface area contributed by atoms with Crippen molar-refractivity contribution < 1.29 is 12.8 Å². The van der Waals surface area contributed by atoms with Crippen LogP contribution in [0.2, 0.25) is 0 Å². The number of aromatic nitrogens is 3. The van der Waals surface area contributed by atoms with E-state index in [9.17, 15) is 12.8 Å². The highest BCUT2D eigenvalue weighted by molar-refractivity contribution is 7.89. The molecule has 0 amide bonds. The van der Waals surface area contributed by atoms with Gasteiger partial charge in [0.05, 0.1) is 11.9 Å². The van der Waals surface area contributed by atoms with Crippen LogP contribution in [0.3, 0.4) is 0 Å². The molecule has 0 bridgehead atoms. The molecule has 1 N–H and O–H groups in total. The van der Waals surface area contributed by atoms with Gasteiger partial charge in [-0.1, -0.05) is 6.07 Å². The average Bonchev–Trinajstić information content (AvgIpc) is 3.25. The van der Waals surface area contributed by atoms with E-state index in [1.165, 1.54) is 28.8 Å². The summed E-state index contributed by atoms with van der Waals surface area (Å²) in [6.45, 7) is 0.870. The van der Waals surface area contributed by atoms with Crippen LogP contribution < -0.4 is 0 Å². The zero-order chi connectivity index (χ0) is 18.9. The fraction of sp³-hybridized carbons (Fsp3) is 0.263. The van der Waals surface area contributed by atoms with Crippen molar-refractivity contribution in [1.82, 2.24) is 19.5 Å². The Balaban J connectivity index is 1.58. The maximum absolute atomic E-state index is 13.2. The van der Waals surface area contributed by atoms with Crippen molar-refractivity contribution in [3.05, 3.63) is 66.4 Å². The molecule has 4 rings (SSSR count). The number of hydrogen-bond acceptors (Lipinski definition) is 4. The van der Waals surface area contributed by atoms with Crippen molar-refractivity contribution in [2.24, 2.45) is 0 Å². The first-order chi connectivity index (χ1) is 13.0. The molecule has 3 aromatic rings. The Hall–Kier alpha value is -2.58. The highest BCUT2D eigenvalue weighted by Gasteiger charge is 2.32. The van der Waals surface area contributed by atoms with E-state index in [-0.39, 0.29) is 16.6 Å². The van der Waals surface area contributed by atoms with Gasteiger partial charge < -0.3 is 0 Å². The Morgan fingerprint density at radius 1 is 1.15 bits per heavy atom. The third kappa shape index (κ3) is 3.63. The minimum Gasteiger partial charge on any atom is -0.284 e. The van der Waals surface area contributed by atoms with Gasteiger partial charge in [0.25, 0.3) is 0 Å². The summed E-state index contributed by atoms with van der Waals surface area (Å²) in [4.78, 5) is 4.89. The van der Waals surface area contributed by atoms with Crippen LogP contribution in [0.15, 0.2) is 59.8 Å². The monoisotopic (exact) mass is 386 g/mol. The molecule has 1 fully saturated rings. The Morgan fingerprint density at radius 3 is 2.70 bits per heavy atom. The Labute approximate surface area is 157 Å². The largest absolute Gasteiger partial charge is 0.284 e. The highest BCUT2D eigenvalue weighted by Crippen LogP contribution is 2.30. The number of sulfonamides is 1. The fourth-order valence-electron chi connectivity index (χ4n) is 3.39. The molecule has 0 aliphatic carbocycles. The van der Waals surface area contributed by atoms with E-state index >= 15 is 0 Å². The van der Waals surface area contributed by atoms with Gasteiger partial charge in [-0.2, -0.15) is 9.40 Å². The number of aromatic amines is 1. The van der Waals surface area contributed by atoms with Crippen LogP contribution in [0.4, 0.5) is 4.39 Å². The Kier molecular flexibility index (Phi) is 4.75. The first-order valence-corrected chi connectivity index (χ1v) is 10.2. The van der Waals surface area contributed by atoms with Crippen molar-refractivity contribution in [2.75, 3.05) is 13.1 Å². The van der Waals surface area contributed by atoms with Crippen LogP contribution in [0, 0.1) is 5.82 Å². The third-order valence-corrected chi connectivity index (χ3v) is 6.65. The van der Waals surface area contributed by atoms with Crippen molar-refractivity contribution in [2.45, 2.75) is 23.7 Å². The molecule has 8 heteroatoms. The second-order valence-electron chi connectivity index (χ2n) is 6.59. The topological polar surface area (TPSA) is 79.0 Å². The van der Waals surface area contributed by atoms with Crippen molar-refractivity contribution in [1.29, 1.82) is 0 Å². The van der Waals surface area contributed by atoms with E-state index in [1.54, 1.807) is 12.1 Å². The first-order valence-electron chi connectivity index (χ1n) is 8.76. The fourth-order valence-corrected chi connectivity index (χ4v) is 4.82. The molecule has 1 saturated heterocycles. The van der Waals surface area contributed by atoms with Gasteiger partial charge in [-0.15, -0.1) is 0 Å². The molecule has 6 nitrogen and oxygen atoms in total. The van der Waals surface area contributed by atoms with Crippen molar-refractivity contribution >= 4 is 10.0 Å². The molecule has 0 spiro atoms. The van der Waals surface area contributed by atoms with Crippen LogP contribution in [0.1, 0.15) is 24.5 Å². The Morgan fingerprint density at radius 2 is 1.96 bits per heavy atom. The molecular formula is C19H19FN4O2S. The standard InChI is InChI=1S/C19H19FN4O2S/c20-16-8-6-14(7-9-16)18-4-1-5-19(23-18)15-3-2-10-24(13-15)27(25,26)17-11-21-22-12-17/h1,4-9,11-12,15H,2-3,10,13H2,(H,21,22). The van der Waals surface area contributed by atoms with Gasteiger partial charge in [0.2, 0.25) is 10.0 Å². The smallest absolute Gasteiger partial charge is 0.246 e. The SMILES string of the molecule is O=S(=O)(c1cn[nH]c1)N1CCCC(c2cccc(-c3ccc(F)cc3)n2)C1. The zero-order valence-corrected chi connectivity index (χ0v) is 15.4. The quantitative estimate of drug-likeness (QED) is 0.747. The molecule has 140 valence electrons. The van der Waals surface area contributed by atoms with E-state index in [2.05, 4.69) is 10.2 Å². The normalized spacial score (nSPS) is 18.5. The second-order valence-corrected chi connectivity index (χ2v) is 8.53. The van der Waals surface area contributed by atoms with Crippen LogP contribution in [-0.4, -0.2) is 41.0 Å². The van der Waals surface area contributed by atoms with Gasteiger partial charge in [-0.3, -0.25) is 10.1 Å². The average molecular weight is 386 g/mol. The lowest BCUT2D eigenvalue weighted by atomic mass is 9.95. The lowest BCUT2D eigenvalue weighted by molar-refractivity contribution is 0.313. The molecule has 3 heterocycles. The molecule has 1 atom stereocenters. The van der Waals surface area contributed by atoms with Gasteiger partial charge in [0.15, 0.2) is 0 Å². The van der Waals surface area contributed by atoms with Crippen LogP contribution in [-0.2, 0) is 10.0 Å². The number of hydrogen-bond donors (Lipinski definition) is 1. The molecule has 2 aromatic heterocycles. The maximum Gasteiger partial charge on any atom is 0.246 e. The number of halogens is 1. The second kappa shape index (κ2) is 7.21. The predicted octanol–water partition coefficient (Wildman–Crippen LogP) is 3.18. The van der Waals surface area contributed by atoms with Gasteiger partial charge >= 0.3 is 0 Å². The number of pyridine rings is 1. The van der Waals surface area contributed by atoms with Gasteiger partial charge in [0.1, 0.15) is 10.7 Å². The van der Waals surface area contributed by atoms with Gasteiger partial charge in [-0.25, -0.2) is 12.8 Å². The summed E-state index contributed by atoms with van der Waals surface area (Å²) >= 11 is 0. The van der Waals surface area contributed by atoms with E-state index in [4.69, 9.17) is 4.98 Å². The van der Waals surface area contributed by atoms with E-state index in [0.29, 0.717) is 13.1 Å². The van der Waals surface area contributed by atoms with Crippen LogP contribution in [0.25, 0.3) is 11.3 Å². The predicted molar refractivity (Wildman–Crippen MR) is 99.0 cm³/mol. The maximum atomic E-state index is 13.2. The number of nitrogens with one attached hydrogen (secondary N) is 1. The number of H-pyrrole nitrogens is 1. The first kappa shape index (κ1) is 17.8. The highest BCUT2D eigenvalue weighted by atomic mass is 32.2. The van der Waals surface area contributed by atoms with Crippen LogP contribution in [0.5, 0.6) is 0 Å². The number of nitrogens with zero attached hydrogens (tertiary/aromatic N) is 3. The molecule has 1 unspecified atom stereocenters. The summed E-state index contributed by atoms with van der Waals surface area (Å²) in [7, 11) is -3.56. The molecule has 1 aromatic carbocycles. The van der Waals surface area contributed by atoms with Crippen molar-refractivity contribution in [3.63, 3.8) is 0 Å².